The number of halogens is 1. The first-order chi connectivity index (χ1) is 16.7. The van der Waals surface area contributed by atoms with Gasteiger partial charge < -0.3 is 35.0 Å². The molecule has 10 heteroatoms. The Morgan fingerprint density at radius 2 is 1.97 bits per heavy atom. The van der Waals surface area contributed by atoms with Crippen molar-refractivity contribution in [1.29, 1.82) is 0 Å². The number of methoxy groups -OCH3 is 1. The average Bonchev–Trinajstić information content (AvgIpc) is 3.66. The number of hydrogen-bond donors (Lipinski definition) is 4. The second-order valence-electron chi connectivity index (χ2n) is 9.37. The van der Waals surface area contributed by atoms with Crippen molar-refractivity contribution in [2.24, 2.45) is 11.8 Å². The second-order valence-corrected chi connectivity index (χ2v) is 10.5. The van der Waals surface area contributed by atoms with Crippen LogP contribution in [-0.2, 0) is 16.2 Å². The Balaban J connectivity index is 1.98. The Morgan fingerprint density at radius 1 is 1.26 bits per heavy atom. The van der Waals surface area contributed by atoms with E-state index in [1.807, 2.05) is 13.8 Å². The molecule has 0 heterocycles. The lowest BCUT2D eigenvalue weighted by molar-refractivity contribution is -0.142. The number of rotatable bonds is 11. The lowest BCUT2D eigenvalue weighted by atomic mass is 9.87. The molecule has 3 atom stereocenters. The van der Waals surface area contributed by atoms with E-state index in [1.165, 1.54) is 7.11 Å². The Kier molecular flexibility index (Phi) is 9.79. The summed E-state index contributed by atoms with van der Waals surface area (Å²) >= 11 is 2.07. The van der Waals surface area contributed by atoms with Gasteiger partial charge in [0.05, 0.1) is 29.9 Å². The van der Waals surface area contributed by atoms with E-state index in [4.69, 9.17) is 14.6 Å². The third kappa shape index (κ3) is 6.87. The van der Waals surface area contributed by atoms with Crippen LogP contribution in [0.3, 0.4) is 0 Å². The van der Waals surface area contributed by atoms with Crippen molar-refractivity contribution in [3.8, 4) is 11.5 Å². The minimum absolute atomic E-state index is 0.0730. The quantitative estimate of drug-likeness (QED) is 0.284. The van der Waals surface area contributed by atoms with Gasteiger partial charge >= 0.3 is 0 Å². The van der Waals surface area contributed by atoms with Crippen LogP contribution in [0, 0.1) is 15.4 Å². The topological polar surface area (TPSA) is 129 Å². The van der Waals surface area contributed by atoms with Crippen LogP contribution in [0.2, 0.25) is 0 Å². The Labute approximate surface area is 219 Å². The highest BCUT2D eigenvalue weighted by Gasteiger charge is 2.42. The van der Waals surface area contributed by atoms with E-state index in [9.17, 15) is 19.8 Å². The maximum atomic E-state index is 13.2. The summed E-state index contributed by atoms with van der Waals surface area (Å²) in [6.07, 6.45) is 1.84. The molecule has 35 heavy (non-hydrogen) atoms. The van der Waals surface area contributed by atoms with Gasteiger partial charge in [0.15, 0.2) is 11.5 Å². The number of aliphatic hydroxyl groups excluding tert-OH is 3. The summed E-state index contributed by atoms with van der Waals surface area (Å²) in [6, 6.07) is 2.77. The van der Waals surface area contributed by atoms with Crippen LogP contribution in [0.1, 0.15) is 38.7 Å². The number of nitrogens with one attached hydrogen (secondary N) is 1. The first-order valence-corrected chi connectivity index (χ1v) is 13.0. The molecular weight excluding hydrogens is 567 g/mol. The van der Waals surface area contributed by atoms with E-state index >= 15 is 0 Å². The third-order valence-electron chi connectivity index (χ3n) is 6.27. The standard InChI is InChI=1S/C25H35IN2O7/c1-14(2)25(33)28(12-15-4-5-15)19-10-17(24(32)27-6-7-29)11-20(22(19)31)35-23-18(26)8-16(13-30)9-21(23)34-3/h8-9,11,14-15,19-20,22,29-31H,4-7,10,12-13H2,1-3H3,(H,27,32)/t19-,20+,22+/m1/s1. The van der Waals surface area contributed by atoms with Gasteiger partial charge in [-0.05, 0) is 65.1 Å². The highest BCUT2D eigenvalue weighted by molar-refractivity contribution is 14.1. The number of carbonyl (C=O) groups excluding carboxylic acids is 2. The molecule has 3 rings (SSSR count). The van der Waals surface area contributed by atoms with Crippen molar-refractivity contribution >= 4 is 34.4 Å². The average molecular weight is 602 g/mol. The zero-order valence-corrected chi connectivity index (χ0v) is 22.5. The zero-order valence-electron chi connectivity index (χ0n) is 20.4. The van der Waals surface area contributed by atoms with Gasteiger partial charge in [0.2, 0.25) is 11.8 Å². The Hall–Kier alpha value is -1.89. The van der Waals surface area contributed by atoms with Crippen LogP contribution in [-0.4, -0.2) is 77.1 Å². The van der Waals surface area contributed by atoms with E-state index < -0.39 is 18.2 Å². The fraction of sp³-hybridized carbons (Fsp3) is 0.600. The lowest BCUT2D eigenvalue weighted by Gasteiger charge is -2.41. The van der Waals surface area contributed by atoms with Gasteiger partial charge in [0, 0.05) is 31.0 Å². The largest absolute Gasteiger partial charge is 0.493 e. The van der Waals surface area contributed by atoms with Gasteiger partial charge in [-0.15, -0.1) is 0 Å². The molecule has 194 valence electrons. The predicted octanol–water partition coefficient (Wildman–Crippen LogP) is 1.60. The molecule has 0 saturated heterocycles. The van der Waals surface area contributed by atoms with Gasteiger partial charge in [0.1, 0.15) is 12.2 Å². The monoisotopic (exact) mass is 602 g/mol. The van der Waals surface area contributed by atoms with Gasteiger partial charge in [0.25, 0.3) is 0 Å². The van der Waals surface area contributed by atoms with Gasteiger partial charge in [-0.3, -0.25) is 9.59 Å². The van der Waals surface area contributed by atoms with E-state index in [0.29, 0.717) is 38.7 Å². The highest BCUT2D eigenvalue weighted by Crippen LogP contribution is 2.38. The molecule has 4 N–H and O–H groups in total. The van der Waals surface area contributed by atoms with E-state index in [1.54, 1.807) is 23.1 Å². The number of hydrogen-bond acceptors (Lipinski definition) is 7. The second kappa shape index (κ2) is 12.4. The van der Waals surface area contributed by atoms with Crippen LogP contribution >= 0.6 is 22.6 Å². The Bertz CT molecular complexity index is 948. The Morgan fingerprint density at radius 3 is 2.54 bits per heavy atom. The number of ether oxygens (including phenoxy) is 2. The molecule has 1 aromatic rings. The molecule has 0 aliphatic heterocycles. The van der Waals surface area contributed by atoms with Gasteiger partial charge in [-0.1, -0.05) is 13.8 Å². The molecule has 0 radical (unpaired) electrons. The number of aliphatic hydroxyl groups is 3. The molecule has 0 aromatic heterocycles. The maximum absolute atomic E-state index is 13.2. The molecule has 0 bridgehead atoms. The molecule has 9 nitrogen and oxygen atoms in total. The van der Waals surface area contributed by atoms with Crippen molar-refractivity contribution < 1.29 is 34.4 Å². The molecular formula is C25H35IN2O7. The zero-order chi connectivity index (χ0) is 25.7. The molecule has 2 amide bonds. The summed E-state index contributed by atoms with van der Waals surface area (Å²) in [5.41, 5.74) is 1.04. The first-order valence-electron chi connectivity index (χ1n) is 11.9. The number of amides is 2. The first kappa shape index (κ1) is 27.7. The number of carbonyl (C=O) groups is 2. The molecule has 1 aromatic carbocycles. The van der Waals surface area contributed by atoms with Crippen molar-refractivity contribution in [3.63, 3.8) is 0 Å². The number of nitrogens with zero attached hydrogens (tertiary/aromatic N) is 1. The summed E-state index contributed by atoms with van der Waals surface area (Å²) in [4.78, 5) is 27.7. The van der Waals surface area contributed by atoms with Crippen LogP contribution in [0.5, 0.6) is 11.5 Å². The fourth-order valence-corrected chi connectivity index (χ4v) is 4.99. The molecule has 1 fully saturated rings. The number of benzene rings is 1. The van der Waals surface area contributed by atoms with E-state index in [-0.39, 0.29) is 43.9 Å². The van der Waals surface area contributed by atoms with Crippen LogP contribution < -0.4 is 14.8 Å². The molecule has 0 unspecified atom stereocenters. The SMILES string of the molecule is COc1cc(CO)cc(I)c1O[C@H]1C=C(C(=O)NCCO)C[C@@H](N(CC2CC2)C(=O)C(C)C)[C@@H]1O. The van der Waals surface area contributed by atoms with Crippen LogP contribution in [0.25, 0.3) is 0 Å². The smallest absolute Gasteiger partial charge is 0.247 e. The van der Waals surface area contributed by atoms with Gasteiger partial charge in [-0.2, -0.15) is 0 Å². The predicted molar refractivity (Wildman–Crippen MR) is 138 cm³/mol. The van der Waals surface area contributed by atoms with Gasteiger partial charge in [-0.25, -0.2) is 0 Å². The summed E-state index contributed by atoms with van der Waals surface area (Å²) in [7, 11) is 1.49. The minimum Gasteiger partial charge on any atom is -0.493 e. The molecule has 0 spiro atoms. The van der Waals surface area contributed by atoms with E-state index in [0.717, 1.165) is 12.8 Å². The van der Waals surface area contributed by atoms with E-state index in [2.05, 4.69) is 27.9 Å². The summed E-state index contributed by atoms with van der Waals surface area (Å²) in [5.74, 6) is 0.466. The molecule has 2 aliphatic carbocycles. The highest BCUT2D eigenvalue weighted by atomic mass is 127. The van der Waals surface area contributed by atoms with Crippen molar-refractivity contribution in [2.45, 2.75) is 58.0 Å². The summed E-state index contributed by atoms with van der Waals surface area (Å²) < 4.78 is 12.4. The van der Waals surface area contributed by atoms with Crippen molar-refractivity contribution in [3.05, 3.63) is 32.9 Å². The molecule has 2 aliphatic rings. The lowest BCUT2D eigenvalue weighted by Crippen LogP contribution is -2.56. The summed E-state index contributed by atoms with van der Waals surface area (Å²) in [6.45, 7) is 3.92. The van der Waals surface area contributed by atoms with Crippen molar-refractivity contribution in [1.82, 2.24) is 10.2 Å². The van der Waals surface area contributed by atoms with Crippen LogP contribution in [0.4, 0.5) is 0 Å². The van der Waals surface area contributed by atoms with Crippen molar-refractivity contribution in [2.75, 3.05) is 26.8 Å². The molecule has 1 saturated carbocycles. The summed E-state index contributed by atoms with van der Waals surface area (Å²) in [5, 5.41) is 32.8. The van der Waals surface area contributed by atoms with Crippen LogP contribution in [0.15, 0.2) is 23.8 Å². The minimum atomic E-state index is -1.08. The third-order valence-corrected chi connectivity index (χ3v) is 7.07. The fourth-order valence-electron chi connectivity index (χ4n) is 4.19. The maximum Gasteiger partial charge on any atom is 0.247 e. The normalized spacial score (nSPS) is 21.9.